The Hall–Kier alpha value is -2.97. The summed E-state index contributed by atoms with van der Waals surface area (Å²) in [5, 5.41) is 10.9. The van der Waals surface area contributed by atoms with Crippen LogP contribution in [0.15, 0.2) is 65.7 Å². The molecule has 3 rings (SSSR count). The maximum atomic E-state index is 9.43. The Labute approximate surface area is 134 Å². The minimum Gasteiger partial charge on any atom is -0.497 e. The van der Waals surface area contributed by atoms with E-state index in [0.29, 0.717) is 5.70 Å². The second kappa shape index (κ2) is 6.42. The van der Waals surface area contributed by atoms with Crippen LogP contribution in [0.3, 0.4) is 0 Å². The van der Waals surface area contributed by atoms with Crippen LogP contribution in [-0.4, -0.2) is 25.4 Å². The highest BCUT2D eigenvalue weighted by Crippen LogP contribution is 2.29. The lowest BCUT2D eigenvalue weighted by Gasteiger charge is -2.17. The van der Waals surface area contributed by atoms with Crippen molar-refractivity contribution in [3.05, 3.63) is 71.3 Å². The fraction of sp³-hybridized carbons (Fsp3) is 0.167. The average Bonchev–Trinajstić information content (AvgIpc) is 3.02. The molecule has 116 valence electrons. The number of methoxy groups -OCH3 is 2. The SMILES string of the molecule is COC1=CC2ON(C(C#N)=Cc3ccc(OC)cc3)C=C2C=C1. The number of hydroxylamine groups is 2. The lowest BCUT2D eigenvalue weighted by Crippen LogP contribution is -2.17. The monoisotopic (exact) mass is 308 g/mol. The Morgan fingerprint density at radius 2 is 2.00 bits per heavy atom. The first-order chi connectivity index (χ1) is 11.2. The number of allylic oxidation sites excluding steroid dienone is 2. The van der Waals surface area contributed by atoms with E-state index in [2.05, 4.69) is 6.07 Å². The first-order valence-corrected chi connectivity index (χ1v) is 7.11. The van der Waals surface area contributed by atoms with E-state index in [1.807, 2.05) is 48.7 Å². The second-order valence-corrected chi connectivity index (χ2v) is 5.00. The van der Waals surface area contributed by atoms with Crippen molar-refractivity contribution in [3.8, 4) is 11.8 Å². The molecule has 0 bridgehead atoms. The largest absolute Gasteiger partial charge is 0.497 e. The molecule has 1 unspecified atom stereocenters. The van der Waals surface area contributed by atoms with Crippen LogP contribution in [0.25, 0.3) is 6.08 Å². The van der Waals surface area contributed by atoms with Crippen molar-refractivity contribution in [2.75, 3.05) is 14.2 Å². The van der Waals surface area contributed by atoms with Crippen molar-refractivity contribution in [2.45, 2.75) is 6.10 Å². The van der Waals surface area contributed by atoms with Crippen LogP contribution in [0.4, 0.5) is 0 Å². The van der Waals surface area contributed by atoms with E-state index in [1.165, 1.54) is 5.06 Å². The molecular weight excluding hydrogens is 292 g/mol. The summed E-state index contributed by atoms with van der Waals surface area (Å²) in [7, 11) is 3.23. The topological polar surface area (TPSA) is 54.7 Å². The highest BCUT2D eigenvalue weighted by Gasteiger charge is 2.27. The summed E-state index contributed by atoms with van der Waals surface area (Å²) in [6.45, 7) is 0. The lowest BCUT2D eigenvalue weighted by molar-refractivity contribution is -0.0840. The number of benzene rings is 1. The van der Waals surface area contributed by atoms with Crippen LogP contribution in [-0.2, 0) is 9.57 Å². The summed E-state index contributed by atoms with van der Waals surface area (Å²) in [6.07, 6.45) is 9.00. The fourth-order valence-corrected chi connectivity index (χ4v) is 2.34. The number of hydrogen-bond donors (Lipinski definition) is 0. The van der Waals surface area contributed by atoms with E-state index < -0.39 is 0 Å². The van der Waals surface area contributed by atoms with Gasteiger partial charge in [-0.25, -0.2) is 5.06 Å². The number of fused-ring (bicyclic) bond motifs is 1. The number of ether oxygens (including phenoxy) is 2. The molecule has 2 aliphatic rings. The van der Waals surface area contributed by atoms with Crippen LogP contribution < -0.4 is 4.74 Å². The molecule has 0 saturated carbocycles. The summed E-state index contributed by atoms with van der Waals surface area (Å²) in [6, 6.07) is 9.63. The van der Waals surface area contributed by atoms with Crippen LogP contribution >= 0.6 is 0 Å². The van der Waals surface area contributed by atoms with E-state index in [0.717, 1.165) is 22.6 Å². The Bertz CT molecular complexity index is 751. The van der Waals surface area contributed by atoms with Gasteiger partial charge in [0.2, 0.25) is 0 Å². The Morgan fingerprint density at radius 1 is 1.22 bits per heavy atom. The van der Waals surface area contributed by atoms with Crippen molar-refractivity contribution < 1.29 is 14.3 Å². The molecule has 5 nitrogen and oxygen atoms in total. The van der Waals surface area contributed by atoms with Gasteiger partial charge in [-0.1, -0.05) is 18.2 Å². The highest BCUT2D eigenvalue weighted by atomic mass is 16.7. The maximum absolute atomic E-state index is 9.43. The summed E-state index contributed by atoms with van der Waals surface area (Å²) in [5.74, 6) is 1.51. The zero-order chi connectivity index (χ0) is 16.2. The molecule has 23 heavy (non-hydrogen) atoms. The second-order valence-electron chi connectivity index (χ2n) is 5.00. The van der Waals surface area contributed by atoms with Crippen molar-refractivity contribution in [2.24, 2.45) is 0 Å². The number of nitrogens with zero attached hydrogens (tertiary/aromatic N) is 2. The molecule has 1 heterocycles. The predicted octanol–water partition coefficient (Wildman–Crippen LogP) is 3.16. The van der Waals surface area contributed by atoms with E-state index in [9.17, 15) is 5.26 Å². The summed E-state index contributed by atoms with van der Waals surface area (Å²) >= 11 is 0. The number of hydrogen-bond acceptors (Lipinski definition) is 5. The molecule has 0 spiro atoms. The fourth-order valence-electron chi connectivity index (χ4n) is 2.34. The molecule has 0 radical (unpaired) electrons. The molecule has 1 aromatic carbocycles. The van der Waals surface area contributed by atoms with Gasteiger partial charge in [0.05, 0.1) is 14.2 Å². The molecule has 0 N–H and O–H groups in total. The first kappa shape index (κ1) is 14.9. The van der Waals surface area contributed by atoms with Crippen LogP contribution in [0.2, 0.25) is 0 Å². The molecule has 0 saturated heterocycles. The summed E-state index contributed by atoms with van der Waals surface area (Å²) in [4.78, 5) is 5.79. The normalized spacial score (nSPS) is 19.6. The Balaban J connectivity index is 1.81. The highest BCUT2D eigenvalue weighted by molar-refractivity contribution is 5.57. The van der Waals surface area contributed by atoms with E-state index >= 15 is 0 Å². The van der Waals surface area contributed by atoms with Gasteiger partial charge in [0.1, 0.15) is 29.4 Å². The van der Waals surface area contributed by atoms with Gasteiger partial charge in [-0.3, -0.25) is 4.84 Å². The zero-order valence-electron chi connectivity index (χ0n) is 12.9. The average molecular weight is 308 g/mol. The molecule has 0 amide bonds. The van der Waals surface area contributed by atoms with Crippen molar-refractivity contribution >= 4 is 6.08 Å². The number of rotatable bonds is 4. The molecule has 1 aliphatic carbocycles. The molecule has 1 atom stereocenters. The van der Waals surface area contributed by atoms with Gasteiger partial charge < -0.3 is 9.47 Å². The quantitative estimate of drug-likeness (QED) is 0.800. The molecular formula is C18H16N2O3. The minimum absolute atomic E-state index is 0.234. The third-order valence-corrected chi connectivity index (χ3v) is 3.58. The standard InChI is InChI=1S/C18H16N2O3/c1-21-16-6-3-13(4-7-16)9-15(11-19)20-12-14-5-8-17(22-2)10-18(14)23-20/h3-10,12,18H,1-2H3. The Morgan fingerprint density at radius 3 is 2.65 bits per heavy atom. The van der Waals surface area contributed by atoms with Gasteiger partial charge >= 0.3 is 0 Å². The molecule has 1 aromatic rings. The van der Waals surface area contributed by atoms with Crippen LogP contribution in [0, 0.1) is 11.3 Å². The van der Waals surface area contributed by atoms with E-state index in [1.54, 1.807) is 20.3 Å². The van der Waals surface area contributed by atoms with Crippen LogP contribution in [0.1, 0.15) is 5.56 Å². The lowest BCUT2D eigenvalue weighted by atomic mass is 10.1. The van der Waals surface area contributed by atoms with Gasteiger partial charge in [0.25, 0.3) is 0 Å². The molecule has 0 aromatic heterocycles. The van der Waals surface area contributed by atoms with Crippen molar-refractivity contribution in [1.82, 2.24) is 5.06 Å². The molecule has 5 heteroatoms. The molecule has 0 fully saturated rings. The Kier molecular flexibility index (Phi) is 4.18. The summed E-state index contributed by atoms with van der Waals surface area (Å²) < 4.78 is 10.3. The summed E-state index contributed by atoms with van der Waals surface area (Å²) in [5.41, 5.74) is 2.27. The molecule has 1 aliphatic heterocycles. The van der Waals surface area contributed by atoms with Gasteiger partial charge in [0.15, 0.2) is 0 Å². The van der Waals surface area contributed by atoms with Gasteiger partial charge in [0, 0.05) is 11.8 Å². The number of nitriles is 1. The third kappa shape index (κ3) is 3.12. The minimum atomic E-state index is -0.234. The zero-order valence-corrected chi connectivity index (χ0v) is 12.9. The first-order valence-electron chi connectivity index (χ1n) is 7.11. The van der Waals surface area contributed by atoms with E-state index in [-0.39, 0.29) is 6.10 Å². The third-order valence-electron chi connectivity index (χ3n) is 3.58. The predicted molar refractivity (Wildman–Crippen MR) is 85.6 cm³/mol. The smallest absolute Gasteiger partial charge is 0.146 e. The van der Waals surface area contributed by atoms with Crippen molar-refractivity contribution in [3.63, 3.8) is 0 Å². The van der Waals surface area contributed by atoms with Crippen molar-refractivity contribution in [1.29, 1.82) is 5.26 Å². The van der Waals surface area contributed by atoms with E-state index in [4.69, 9.17) is 14.3 Å². The van der Waals surface area contributed by atoms with Gasteiger partial charge in [-0.15, -0.1) is 0 Å². The van der Waals surface area contributed by atoms with Gasteiger partial charge in [-0.05, 0) is 35.9 Å². The maximum Gasteiger partial charge on any atom is 0.146 e. The van der Waals surface area contributed by atoms with Gasteiger partial charge in [-0.2, -0.15) is 5.26 Å². The van der Waals surface area contributed by atoms with Crippen LogP contribution in [0.5, 0.6) is 5.75 Å².